The van der Waals surface area contributed by atoms with Crippen LogP contribution < -0.4 is 4.90 Å². The Morgan fingerprint density at radius 1 is 1.07 bits per heavy atom. The number of hydrogen-bond donors (Lipinski definition) is 1. The summed E-state index contributed by atoms with van der Waals surface area (Å²) in [5.41, 5.74) is 2.58. The van der Waals surface area contributed by atoms with Crippen LogP contribution in [0.4, 0.5) is 5.82 Å². The lowest BCUT2D eigenvalue weighted by Gasteiger charge is -2.36. The minimum atomic E-state index is 0.249. The molecular weight excluding hydrogens is 340 g/mol. The molecule has 0 amide bonds. The van der Waals surface area contributed by atoms with Crippen LogP contribution in [0, 0.1) is 0 Å². The van der Waals surface area contributed by atoms with Gasteiger partial charge >= 0.3 is 0 Å². The van der Waals surface area contributed by atoms with E-state index in [9.17, 15) is 5.11 Å². The van der Waals surface area contributed by atoms with Gasteiger partial charge in [-0.25, -0.2) is 4.98 Å². The van der Waals surface area contributed by atoms with Gasteiger partial charge in [-0.3, -0.25) is 4.90 Å². The highest BCUT2D eigenvalue weighted by Crippen LogP contribution is 2.27. The average molecular weight is 366 g/mol. The number of anilines is 1. The van der Waals surface area contributed by atoms with Gasteiger partial charge in [0.1, 0.15) is 11.6 Å². The third kappa shape index (κ3) is 3.89. The zero-order valence-corrected chi connectivity index (χ0v) is 15.9. The molecule has 1 aromatic carbocycles. The number of hydrogen-bond acceptors (Lipinski definition) is 6. The lowest BCUT2D eigenvalue weighted by molar-refractivity contribution is 0.229. The summed E-state index contributed by atoms with van der Waals surface area (Å²) in [7, 11) is 4.23. The molecule has 0 atom stereocenters. The number of aromatic hydroxyl groups is 1. The van der Waals surface area contributed by atoms with Crippen molar-refractivity contribution < 1.29 is 5.11 Å². The van der Waals surface area contributed by atoms with E-state index in [2.05, 4.69) is 40.0 Å². The van der Waals surface area contributed by atoms with E-state index in [4.69, 9.17) is 4.98 Å². The SMILES string of the molecule is CN(C)CCN1CCN(c2cc(-c3cccc(O)c3)nc3ccnn23)CC1. The molecule has 0 aliphatic carbocycles. The lowest BCUT2D eigenvalue weighted by atomic mass is 10.1. The van der Waals surface area contributed by atoms with Crippen LogP contribution in [0.25, 0.3) is 16.9 Å². The van der Waals surface area contributed by atoms with Crippen molar-refractivity contribution in [2.24, 2.45) is 0 Å². The number of fused-ring (bicyclic) bond motifs is 1. The molecule has 1 N–H and O–H groups in total. The molecule has 3 aromatic rings. The second-order valence-corrected chi connectivity index (χ2v) is 7.28. The van der Waals surface area contributed by atoms with Gasteiger partial charge in [0.25, 0.3) is 0 Å². The Bertz CT molecular complexity index is 914. The Morgan fingerprint density at radius 2 is 1.89 bits per heavy atom. The Kier molecular flexibility index (Phi) is 4.96. The van der Waals surface area contributed by atoms with Crippen molar-refractivity contribution in [1.82, 2.24) is 24.4 Å². The first-order chi connectivity index (χ1) is 13.1. The first-order valence-electron chi connectivity index (χ1n) is 9.36. The summed E-state index contributed by atoms with van der Waals surface area (Å²) >= 11 is 0. The zero-order valence-electron chi connectivity index (χ0n) is 15.9. The quantitative estimate of drug-likeness (QED) is 0.743. The highest BCUT2D eigenvalue weighted by atomic mass is 16.3. The second-order valence-electron chi connectivity index (χ2n) is 7.28. The molecule has 1 fully saturated rings. The van der Waals surface area contributed by atoms with E-state index in [-0.39, 0.29) is 5.75 Å². The predicted molar refractivity (Wildman–Crippen MR) is 107 cm³/mol. The van der Waals surface area contributed by atoms with E-state index in [1.165, 1.54) is 0 Å². The van der Waals surface area contributed by atoms with E-state index in [0.29, 0.717) is 0 Å². The fourth-order valence-corrected chi connectivity index (χ4v) is 3.48. The van der Waals surface area contributed by atoms with Crippen molar-refractivity contribution in [1.29, 1.82) is 0 Å². The summed E-state index contributed by atoms with van der Waals surface area (Å²) in [6.45, 7) is 6.20. The van der Waals surface area contributed by atoms with Gasteiger partial charge in [0.15, 0.2) is 5.65 Å². The fraction of sp³-hybridized carbons (Fsp3) is 0.400. The molecule has 4 rings (SSSR count). The molecule has 1 saturated heterocycles. The van der Waals surface area contributed by atoms with Crippen LogP contribution in [0.5, 0.6) is 5.75 Å². The molecule has 1 aliphatic rings. The number of phenols is 1. The maximum atomic E-state index is 9.82. The summed E-state index contributed by atoms with van der Waals surface area (Å²) < 4.78 is 1.90. The second kappa shape index (κ2) is 7.54. The van der Waals surface area contributed by atoms with Gasteiger partial charge in [0.2, 0.25) is 0 Å². The Hall–Kier alpha value is -2.64. The number of nitrogens with zero attached hydrogens (tertiary/aromatic N) is 6. The molecule has 0 unspecified atom stereocenters. The molecule has 3 heterocycles. The van der Waals surface area contributed by atoms with Gasteiger partial charge < -0.3 is 14.9 Å². The third-order valence-corrected chi connectivity index (χ3v) is 5.04. The van der Waals surface area contributed by atoms with E-state index in [1.807, 2.05) is 22.7 Å². The van der Waals surface area contributed by atoms with Crippen molar-refractivity contribution >= 4 is 11.5 Å². The molecule has 0 saturated carbocycles. The molecule has 0 bridgehead atoms. The minimum absolute atomic E-state index is 0.249. The number of phenolic OH excluding ortho intramolecular Hbond substituents is 1. The van der Waals surface area contributed by atoms with Crippen LogP contribution in [0.3, 0.4) is 0 Å². The number of likely N-dealkylation sites (N-methyl/N-ethyl adjacent to an activating group) is 1. The Labute approximate surface area is 159 Å². The topological polar surface area (TPSA) is 60.1 Å². The highest BCUT2D eigenvalue weighted by Gasteiger charge is 2.20. The van der Waals surface area contributed by atoms with Crippen LogP contribution in [0.1, 0.15) is 0 Å². The highest BCUT2D eigenvalue weighted by molar-refractivity contribution is 5.68. The number of aromatic nitrogens is 3. The van der Waals surface area contributed by atoms with Gasteiger partial charge in [-0.05, 0) is 26.2 Å². The normalized spacial score (nSPS) is 15.7. The number of rotatable bonds is 5. The van der Waals surface area contributed by atoms with E-state index < -0.39 is 0 Å². The lowest BCUT2D eigenvalue weighted by Crippen LogP contribution is -2.48. The number of piperazine rings is 1. The standard InChI is InChI=1S/C20H26N6O/c1-23(2)8-9-24-10-12-25(13-11-24)20-15-18(16-4-3-5-17(27)14-16)22-19-6-7-21-26(19)20/h3-7,14-15,27H,8-13H2,1-2H3. The maximum Gasteiger partial charge on any atom is 0.157 e. The van der Waals surface area contributed by atoms with Crippen LogP contribution in [0.15, 0.2) is 42.6 Å². The van der Waals surface area contributed by atoms with Crippen molar-refractivity contribution in [3.63, 3.8) is 0 Å². The third-order valence-electron chi connectivity index (χ3n) is 5.04. The van der Waals surface area contributed by atoms with Crippen molar-refractivity contribution in [3.8, 4) is 17.0 Å². The molecule has 27 heavy (non-hydrogen) atoms. The summed E-state index contributed by atoms with van der Waals surface area (Å²) in [6, 6.07) is 11.2. The molecule has 7 heteroatoms. The van der Waals surface area contributed by atoms with Gasteiger partial charge in [-0.2, -0.15) is 9.61 Å². The predicted octanol–water partition coefficient (Wildman–Crippen LogP) is 1.79. The maximum absolute atomic E-state index is 9.82. The van der Waals surface area contributed by atoms with Crippen LogP contribution >= 0.6 is 0 Å². The van der Waals surface area contributed by atoms with Gasteiger partial charge in [0.05, 0.1) is 11.9 Å². The van der Waals surface area contributed by atoms with E-state index >= 15 is 0 Å². The molecule has 7 nitrogen and oxygen atoms in total. The monoisotopic (exact) mass is 366 g/mol. The number of benzene rings is 1. The molecule has 142 valence electrons. The van der Waals surface area contributed by atoms with Crippen molar-refractivity contribution in [2.45, 2.75) is 0 Å². The van der Waals surface area contributed by atoms with E-state index in [0.717, 1.165) is 62.0 Å². The fourth-order valence-electron chi connectivity index (χ4n) is 3.48. The zero-order chi connectivity index (χ0) is 18.8. The van der Waals surface area contributed by atoms with Gasteiger partial charge in [0, 0.05) is 57.0 Å². The van der Waals surface area contributed by atoms with Crippen molar-refractivity contribution in [2.75, 3.05) is 58.3 Å². The first-order valence-corrected chi connectivity index (χ1v) is 9.36. The Balaban J connectivity index is 1.59. The summed E-state index contributed by atoms with van der Waals surface area (Å²) in [6.07, 6.45) is 1.78. The molecule has 0 spiro atoms. The Morgan fingerprint density at radius 3 is 2.63 bits per heavy atom. The van der Waals surface area contributed by atoms with Crippen LogP contribution in [0.2, 0.25) is 0 Å². The molecule has 0 radical (unpaired) electrons. The van der Waals surface area contributed by atoms with Crippen LogP contribution in [-0.2, 0) is 0 Å². The summed E-state index contributed by atoms with van der Waals surface area (Å²) in [5, 5.41) is 14.3. The van der Waals surface area contributed by atoms with Gasteiger partial charge in [-0.15, -0.1) is 0 Å². The molecule has 2 aromatic heterocycles. The smallest absolute Gasteiger partial charge is 0.157 e. The van der Waals surface area contributed by atoms with Crippen molar-refractivity contribution in [3.05, 3.63) is 42.6 Å². The van der Waals surface area contributed by atoms with E-state index in [1.54, 1.807) is 18.3 Å². The molecule has 1 aliphatic heterocycles. The minimum Gasteiger partial charge on any atom is -0.508 e. The largest absolute Gasteiger partial charge is 0.508 e. The summed E-state index contributed by atoms with van der Waals surface area (Å²) in [4.78, 5) is 11.8. The van der Waals surface area contributed by atoms with Gasteiger partial charge in [-0.1, -0.05) is 12.1 Å². The van der Waals surface area contributed by atoms with Crippen LogP contribution in [-0.4, -0.2) is 82.9 Å². The average Bonchev–Trinajstić information content (AvgIpc) is 3.15. The molecular formula is C20H26N6O. The summed E-state index contributed by atoms with van der Waals surface area (Å²) in [5.74, 6) is 1.30. The first kappa shape index (κ1) is 17.8.